The zero-order valence-corrected chi connectivity index (χ0v) is 22.1. The summed E-state index contributed by atoms with van der Waals surface area (Å²) in [4.78, 5) is 27.2. The van der Waals surface area contributed by atoms with Gasteiger partial charge in [-0.2, -0.15) is 0 Å². The summed E-state index contributed by atoms with van der Waals surface area (Å²) < 4.78 is 7.82. The van der Waals surface area contributed by atoms with Gasteiger partial charge >= 0.3 is 0 Å². The van der Waals surface area contributed by atoms with Crippen LogP contribution in [0.4, 0.5) is 4.79 Å². The van der Waals surface area contributed by atoms with Crippen LogP contribution < -0.4 is 4.74 Å². The number of rotatable bonds is 7. The molecule has 0 saturated carbocycles. The van der Waals surface area contributed by atoms with E-state index in [2.05, 4.69) is 41.0 Å². The van der Waals surface area contributed by atoms with Crippen molar-refractivity contribution in [3.63, 3.8) is 0 Å². The predicted octanol–water partition coefficient (Wildman–Crippen LogP) is 7.53. The third-order valence-corrected chi connectivity index (χ3v) is 7.49. The number of aryl methyl sites for hydroxylation is 1. The van der Waals surface area contributed by atoms with Crippen molar-refractivity contribution in [2.45, 2.75) is 13.8 Å². The Morgan fingerprint density at radius 2 is 1.57 bits per heavy atom. The van der Waals surface area contributed by atoms with E-state index in [9.17, 15) is 9.59 Å². The molecule has 1 aliphatic heterocycles. The first-order valence-corrected chi connectivity index (χ1v) is 13.1. The van der Waals surface area contributed by atoms with Crippen LogP contribution in [0.25, 0.3) is 22.9 Å². The van der Waals surface area contributed by atoms with Crippen molar-refractivity contribution in [3.8, 4) is 22.6 Å². The van der Waals surface area contributed by atoms with Crippen molar-refractivity contribution in [2.75, 3.05) is 13.2 Å². The van der Waals surface area contributed by atoms with Crippen LogP contribution in [-0.4, -0.2) is 33.8 Å². The van der Waals surface area contributed by atoms with Gasteiger partial charge in [0, 0.05) is 17.1 Å². The van der Waals surface area contributed by atoms with Crippen LogP contribution in [0.3, 0.4) is 0 Å². The summed E-state index contributed by atoms with van der Waals surface area (Å²) in [5.41, 5.74) is 6.31. The topological polar surface area (TPSA) is 51.5 Å². The first kappa shape index (κ1) is 24.9. The molecule has 0 bridgehead atoms. The second-order valence-electron chi connectivity index (χ2n) is 8.69. The number of nitrogens with zero attached hydrogens (tertiary/aromatic N) is 2. The second kappa shape index (κ2) is 10.7. The highest BCUT2D eigenvalue weighted by Gasteiger charge is 2.35. The summed E-state index contributed by atoms with van der Waals surface area (Å²) in [6.45, 7) is 4.38. The molecule has 0 N–H and O–H groups in total. The molecule has 1 aromatic heterocycles. The number of amides is 2. The molecule has 1 aliphatic rings. The van der Waals surface area contributed by atoms with E-state index in [0.717, 1.165) is 40.0 Å². The van der Waals surface area contributed by atoms with Gasteiger partial charge in [0.05, 0.1) is 16.5 Å². The van der Waals surface area contributed by atoms with Gasteiger partial charge in [0.1, 0.15) is 12.4 Å². The zero-order valence-electron chi connectivity index (χ0n) is 20.5. The van der Waals surface area contributed by atoms with Crippen molar-refractivity contribution in [1.82, 2.24) is 9.47 Å². The monoisotopic (exact) mass is 528 g/mol. The number of thioether (sulfide) groups is 1. The molecule has 5 rings (SSSR count). The van der Waals surface area contributed by atoms with E-state index in [1.807, 2.05) is 50.2 Å². The summed E-state index contributed by atoms with van der Waals surface area (Å²) in [5.74, 6) is 0.214. The van der Waals surface area contributed by atoms with E-state index in [1.165, 1.54) is 10.5 Å². The molecule has 7 heteroatoms. The molecule has 4 aromatic rings. The molecule has 2 amide bonds. The van der Waals surface area contributed by atoms with Gasteiger partial charge in [0.25, 0.3) is 11.1 Å². The van der Waals surface area contributed by atoms with Crippen LogP contribution >= 0.6 is 23.4 Å². The maximum absolute atomic E-state index is 13.0. The molecular formula is C30H25ClN2O3S. The van der Waals surface area contributed by atoms with Crippen molar-refractivity contribution in [2.24, 2.45) is 0 Å². The molecule has 2 heterocycles. The normalized spacial score (nSPS) is 14.6. The Morgan fingerprint density at radius 1 is 0.892 bits per heavy atom. The van der Waals surface area contributed by atoms with Gasteiger partial charge in [0.2, 0.25) is 0 Å². The van der Waals surface area contributed by atoms with Crippen molar-refractivity contribution in [1.29, 1.82) is 0 Å². The zero-order chi connectivity index (χ0) is 25.9. The van der Waals surface area contributed by atoms with Crippen LogP contribution in [0.2, 0.25) is 5.02 Å². The molecule has 5 nitrogen and oxygen atoms in total. The number of hydrogen-bond donors (Lipinski definition) is 0. The molecule has 1 fully saturated rings. The Bertz CT molecular complexity index is 1490. The van der Waals surface area contributed by atoms with Crippen LogP contribution in [-0.2, 0) is 4.79 Å². The Balaban J connectivity index is 1.32. The maximum Gasteiger partial charge on any atom is 0.293 e. The van der Waals surface area contributed by atoms with Crippen molar-refractivity contribution < 1.29 is 14.3 Å². The van der Waals surface area contributed by atoms with Gasteiger partial charge in [-0.25, -0.2) is 0 Å². The van der Waals surface area contributed by atoms with Crippen LogP contribution in [0.1, 0.15) is 17.0 Å². The summed E-state index contributed by atoms with van der Waals surface area (Å²) in [5, 5.41) is 0.186. The van der Waals surface area contributed by atoms with E-state index in [4.69, 9.17) is 16.3 Å². The quantitative estimate of drug-likeness (QED) is 0.233. The smallest absolute Gasteiger partial charge is 0.293 e. The minimum absolute atomic E-state index is 0.153. The van der Waals surface area contributed by atoms with Gasteiger partial charge < -0.3 is 9.30 Å². The Labute approximate surface area is 225 Å². The van der Waals surface area contributed by atoms with Gasteiger partial charge in [-0.3, -0.25) is 14.5 Å². The predicted molar refractivity (Wildman–Crippen MR) is 150 cm³/mol. The molecule has 3 aromatic carbocycles. The average Bonchev–Trinajstić information content (AvgIpc) is 3.34. The molecule has 0 spiro atoms. The summed E-state index contributed by atoms with van der Waals surface area (Å²) >= 11 is 7.07. The lowest BCUT2D eigenvalue weighted by Gasteiger charge is -2.13. The molecule has 0 radical (unpaired) electrons. The number of hydrogen-bond acceptors (Lipinski definition) is 4. The molecule has 37 heavy (non-hydrogen) atoms. The molecular weight excluding hydrogens is 504 g/mol. The second-order valence-corrected chi connectivity index (χ2v) is 10.1. The fourth-order valence-electron chi connectivity index (χ4n) is 4.41. The minimum Gasteiger partial charge on any atom is -0.490 e. The lowest BCUT2D eigenvalue weighted by Crippen LogP contribution is -2.32. The van der Waals surface area contributed by atoms with Gasteiger partial charge in [-0.05, 0) is 78.7 Å². The Hall–Kier alpha value is -3.74. The van der Waals surface area contributed by atoms with E-state index >= 15 is 0 Å². The number of carbonyl (C=O) groups excluding carboxylic acids is 2. The molecule has 1 saturated heterocycles. The number of halogens is 1. The highest BCUT2D eigenvalue weighted by Crippen LogP contribution is 2.34. The number of ether oxygens (including phenoxy) is 1. The van der Waals surface area contributed by atoms with E-state index < -0.39 is 0 Å². The molecule has 0 unspecified atom stereocenters. The lowest BCUT2D eigenvalue weighted by atomic mass is 10.1. The van der Waals surface area contributed by atoms with E-state index in [1.54, 1.807) is 18.2 Å². The highest BCUT2D eigenvalue weighted by atomic mass is 35.5. The highest BCUT2D eigenvalue weighted by molar-refractivity contribution is 8.18. The van der Waals surface area contributed by atoms with Crippen molar-refractivity contribution in [3.05, 3.63) is 112 Å². The Morgan fingerprint density at radius 3 is 2.30 bits per heavy atom. The lowest BCUT2D eigenvalue weighted by molar-refractivity contribution is -0.123. The minimum atomic E-state index is -0.310. The summed E-state index contributed by atoms with van der Waals surface area (Å²) in [7, 11) is 0. The number of para-hydroxylation sites is 1. The standard InChI is InChI=1S/C30H25ClN2O3S/c1-20-18-24(21(2)33(20)25-14-12-23(13-15-25)22-8-4-3-5-9-22)19-28-29(34)32(30(35)37-28)16-17-36-27-11-7-6-10-26(27)31/h3-15,18-19H,16-17H2,1-2H3/b28-19-. The molecule has 0 atom stereocenters. The first-order valence-electron chi connectivity index (χ1n) is 11.9. The largest absolute Gasteiger partial charge is 0.490 e. The van der Waals surface area contributed by atoms with E-state index in [0.29, 0.717) is 15.7 Å². The number of aromatic nitrogens is 1. The maximum atomic E-state index is 13.0. The first-order chi connectivity index (χ1) is 17.9. The fraction of sp³-hybridized carbons (Fsp3) is 0.133. The van der Waals surface area contributed by atoms with Gasteiger partial charge in [0.15, 0.2) is 0 Å². The average molecular weight is 529 g/mol. The van der Waals surface area contributed by atoms with Crippen LogP contribution in [0, 0.1) is 13.8 Å². The number of benzene rings is 3. The number of carbonyl (C=O) groups is 2. The summed E-state index contributed by atoms with van der Waals surface area (Å²) in [6.07, 6.45) is 1.80. The van der Waals surface area contributed by atoms with Gasteiger partial charge in [-0.1, -0.05) is 66.2 Å². The fourth-order valence-corrected chi connectivity index (χ4v) is 5.45. The van der Waals surface area contributed by atoms with Gasteiger partial charge in [-0.15, -0.1) is 0 Å². The van der Waals surface area contributed by atoms with Crippen LogP contribution in [0.15, 0.2) is 89.8 Å². The Kier molecular flexibility index (Phi) is 7.22. The SMILES string of the molecule is Cc1cc(/C=C2\SC(=O)N(CCOc3ccccc3Cl)C2=O)c(C)n1-c1ccc(-c2ccccc2)cc1. The molecule has 0 aliphatic carbocycles. The third-order valence-electron chi connectivity index (χ3n) is 6.27. The molecule has 186 valence electrons. The number of imide groups is 1. The van der Waals surface area contributed by atoms with Crippen LogP contribution in [0.5, 0.6) is 5.75 Å². The summed E-state index contributed by atoms with van der Waals surface area (Å²) in [6, 6.07) is 27.8. The third kappa shape index (κ3) is 5.22. The van der Waals surface area contributed by atoms with E-state index in [-0.39, 0.29) is 24.3 Å². The van der Waals surface area contributed by atoms with Crippen molar-refractivity contribution >= 4 is 40.6 Å².